The molecule has 0 aromatic heterocycles. The molecular formula is C24H31ClO9Se. The van der Waals surface area contributed by atoms with Crippen LogP contribution in [0.5, 0.6) is 0 Å². The fraction of sp³-hybridized carbons (Fsp3) is 0.625. The van der Waals surface area contributed by atoms with Crippen molar-refractivity contribution in [2.24, 2.45) is 0 Å². The number of ether oxygens (including phenoxy) is 6. The van der Waals surface area contributed by atoms with Crippen LogP contribution < -0.4 is 4.46 Å². The number of hydrogen-bond acceptors (Lipinski definition) is 9. The van der Waals surface area contributed by atoms with Gasteiger partial charge in [-0.25, -0.2) is 0 Å². The standard InChI is InChI=1S/C24H31ClO9Se/c1-13-18(33-19(28)12-25)10-11-20(29-13)34-22-21(31-15(3)26)14(2)30-24(32-16(4)27)23(22)35-17-8-6-5-7-9-17/h5-9,13-14,18,20-24H,10-12H2,1-4H3/t13-,14+,18-,20-,21+,22-,23-,24?/m0/s1. The Morgan fingerprint density at radius 1 is 0.943 bits per heavy atom. The molecule has 2 fully saturated rings. The van der Waals surface area contributed by atoms with E-state index in [1.54, 1.807) is 13.8 Å². The molecule has 2 aliphatic heterocycles. The van der Waals surface area contributed by atoms with Crippen LogP contribution >= 0.6 is 11.6 Å². The van der Waals surface area contributed by atoms with E-state index in [4.69, 9.17) is 40.0 Å². The summed E-state index contributed by atoms with van der Waals surface area (Å²) in [5.41, 5.74) is 0. The van der Waals surface area contributed by atoms with Crippen molar-refractivity contribution in [3.8, 4) is 0 Å². The average molecular weight is 578 g/mol. The van der Waals surface area contributed by atoms with Gasteiger partial charge >= 0.3 is 216 Å². The van der Waals surface area contributed by atoms with Crippen molar-refractivity contribution in [2.75, 3.05) is 5.88 Å². The molecule has 0 N–H and O–H groups in total. The molecular weight excluding hydrogens is 547 g/mol. The number of carbonyl (C=O) groups is 3. The Bertz CT molecular complexity index is 870. The number of halogens is 1. The molecule has 1 aromatic rings. The number of carbonyl (C=O) groups excluding carboxylic acids is 3. The molecule has 194 valence electrons. The third-order valence-corrected chi connectivity index (χ3v) is 8.56. The third kappa shape index (κ3) is 7.90. The van der Waals surface area contributed by atoms with Gasteiger partial charge in [0.2, 0.25) is 0 Å². The first-order chi connectivity index (χ1) is 16.7. The van der Waals surface area contributed by atoms with Crippen molar-refractivity contribution in [3.05, 3.63) is 30.3 Å². The van der Waals surface area contributed by atoms with Crippen LogP contribution in [0.4, 0.5) is 0 Å². The molecule has 0 amide bonds. The first-order valence-electron chi connectivity index (χ1n) is 11.5. The van der Waals surface area contributed by atoms with Crippen molar-refractivity contribution in [1.29, 1.82) is 0 Å². The molecule has 8 atom stereocenters. The van der Waals surface area contributed by atoms with Crippen LogP contribution in [-0.4, -0.2) is 81.8 Å². The minimum atomic E-state index is -0.877. The van der Waals surface area contributed by atoms with E-state index in [-0.39, 0.29) is 20.8 Å². The van der Waals surface area contributed by atoms with E-state index in [1.165, 1.54) is 13.8 Å². The van der Waals surface area contributed by atoms with Gasteiger partial charge in [-0.3, -0.25) is 0 Å². The van der Waals surface area contributed by atoms with Gasteiger partial charge in [-0.05, 0) is 0 Å². The number of alkyl halides is 1. The third-order valence-electron chi connectivity index (χ3n) is 5.60. The van der Waals surface area contributed by atoms with Crippen molar-refractivity contribution in [3.63, 3.8) is 0 Å². The fourth-order valence-electron chi connectivity index (χ4n) is 4.08. The summed E-state index contributed by atoms with van der Waals surface area (Å²) in [5, 5.41) is 0. The van der Waals surface area contributed by atoms with Gasteiger partial charge in [0.1, 0.15) is 0 Å². The number of hydrogen-bond donors (Lipinski definition) is 0. The van der Waals surface area contributed by atoms with Gasteiger partial charge in [-0.15, -0.1) is 0 Å². The number of benzene rings is 1. The van der Waals surface area contributed by atoms with Gasteiger partial charge < -0.3 is 0 Å². The number of esters is 3. The average Bonchev–Trinajstić information content (AvgIpc) is 2.80. The summed E-state index contributed by atoms with van der Waals surface area (Å²) < 4.78 is 36.0. The van der Waals surface area contributed by atoms with Crippen molar-refractivity contribution in [2.45, 2.75) is 88.5 Å². The molecule has 0 aliphatic carbocycles. The Morgan fingerprint density at radius 2 is 1.63 bits per heavy atom. The molecule has 35 heavy (non-hydrogen) atoms. The summed E-state index contributed by atoms with van der Waals surface area (Å²) in [7, 11) is 0. The minimum absolute atomic E-state index is 0.228. The zero-order valence-corrected chi connectivity index (χ0v) is 22.6. The first kappa shape index (κ1) is 27.9. The number of rotatable bonds is 8. The van der Waals surface area contributed by atoms with Crippen LogP contribution in [0.2, 0.25) is 4.82 Å². The Balaban J connectivity index is 1.84. The van der Waals surface area contributed by atoms with Crippen LogP contribution in [0.15, 0.2) is 30.3 Å². The normalized spacial score (nSPS) is 32.9. The summed E-state index contributed by atoms with van der Waals surface area (Å²) in [6.07, 6.45) is -3.39. The van der Waals surface area contributed by atoms with Gasteiger partial charge in [-0.2, -0.15) is 0 Å². The molecule has 0 radical (unpaired) electrons. The molecule has 0 spiro atoms. The van der Waals surface area contributed by atoms with E-state index in [0.29, 0.717) is 12.8 Å². The van der Waals surface area contributed by atoms with Crippen molar-refractivity contribution in [1.82, 2.24) is 0 Å². The molecule has 0 bridgehead atoms. The second-order valence-electron chi connectivity index (χ2n) is 8.40. The maximum absolute atomic E-state index is 11.9. The van der Waals surface area contributed by atoms with E-state index in [1.807, 2.05) is 30.3 Å². The van der Waals surface area contributed by atoms with Crippen molar-refractivity contribution >= 4 is 48.9 Å². The van der Waals surface area contributed by atoms with Gasteiger partial charge in [0.05, 0.1) is 0 Å². The second-order valence-corrected chi connectivity index (χ2v) is 11.3. The molecule has 11 heteroatoms. The first-order valence-corrected chi connectivity index (χ1v) is 13.8. The summed E-state index contributed by atoms with van der Waals surface area (Å²) >= 11 is 5.29. The fourth-order valence-corrected chi connectivity index (χ4v) is 6.69. The van der Waals surface area contributed by atoms with E-state index < -0.39 is 65.8 Å². The molecule has 2 aliphatic rings. The molecule has 2 heterocycles. The Labute approximate surface area is 216 Å². The zero-order chi connectivity index (χ0) is 25.5. The monoisotopic (exact) mass is 578 g/mol. The summed E-state index contributed by atoms with van der Waals surface area (Å²) in [5.74, 6) is -1.68. The summed E-state index contributed by atoms with van der Waals surface area (Å²) in [6.45, 7) is 6.19. The van der Waals surface area contributed by atoms with Gasteiger partial charge in [-0.1, -0.05) is 0 Å². The Kier molecular flexibility index (Phi) is 10.4. The van der Waals surface area contributed by atoms with E-state index in [0.717, 1.165) is 4.46 Å². The molecule has 1 unspecified atom stereocenters. The van der Waals surface area contributed by atoms with Gasteiger partial charge in [0.25, 0.3) is 0 Å². The van der Waals surface area contributed by atoms with Crippen LogP contribution in [0.1, 0.15) is 40.5 Å². The summed E-state index contributed by atoms with van der Waals surface area (Å²) in [4.78, 5) is 35.0. The molecule has 2 saturated heterocycles. The SMILES string of the molecule is CC(=O)OC1O[C@H](C)[C@@H](OC(C)=O)[C@H](O[C@H]2CC[C@H](OC(=O)CCl)[C@H](C)O2)[C@@H]1[Se]c1ccccc1. The molecule has 3 rings (SSSR count). The summed E-state index contributed by atoms with van der Waals surface area (Å²) in [6, 6.07) is 9.74. The van der Waals surface area contributed by atoms with Crippen LogP contribution in [0, 0.1) is 0 Å². The predicted octanol–water partition coefficient (Wildman–Crippen LogP) is 2.10. The van der Waals surface area contributed by atoms with Crippen LogP contribution in [0.3, 0.4) is 0 Å². The van der Waals surface area contributed by atoms with E-state index in [9.17, 15) is 14.4 Å². The second kappa shape index (κ2) is 13.0. The Morgan fingerprint density at radius 3 is 2.23 bits per heavy atom. The van der Waals surface area contributed by atoms with Crippen LogP contribution in [0.25, 0.3) is 0 Å². The Hall–Kier alpha value is -1.68. The van der Waals surface area contributed by atoms with Crippen molar-refractivity contribution < 1.29 is 42.8 Å². The molecule has 0 saturated carbocycles. The molecule has 9 nitrogen and oxygen atoms in total. The van der Waals surface area contributed by atoms with E-state index in [2.05, 4.69) is 0 Å². The predicted molar refractivity (Wildman–Crippen MR) is 126 cm³/mol. The van der Waals surface area contributed by atoms with E-state index >= 15 is 0 Å². The molecule has 1 aromatic carbocycles. The topological polar surface area (TPSA) is 107 Å². The van der Waals surface area contributed by atoms with Crippen LogP contribution in [-0.2, 0) is 42.8 Å². The van der Waals surface area contributed by atoms with Gasteiger partial charge in [0.15, 0.2) is 0 Å². The quantitative estimate of drug-likeness (QED) is 0.199. The van der Waals surface area contributed by atoms with Gasteiger partial charge in [0, 0.05) is 0 Å². The zero-order valence-electron chi connectivity index (χ0n) is 20.1. The maximum atomic E-state index is 11.9.